The minimum absolute atomic E-state index is 0. The van der Waals surface area contributed by atoms with Gasteiger partial charge in [-0.05, 0) is 66.2 Å². The van der Waals surface area contributed by atoms with Crippen LogP contribution < -0.4 is 5.32 Å². The van der Waals surface area contributed by atoms with Crippen molar-refractivity contribution in [2.75, 3.05) is 12.3 Å². The maximum Gasteiger partial charge on any atom is 0.209 e. The average molecular weight is 459 g/mol. The number of hydrogen-bond donors (Lipinski definition) is 1. The third-order valence-electron chi connectivity index (χ3n) is 3.73. The molecule has 0 radical (unpaired) electrons. The van der Waals surface area contributed by atoms with Gasteiger partial charge in [-0.2, -0.15) is 0 Å². The Balaban J connectivity index is 0.00000243. The first-order valence-corrected chi connectivity index (χ1v) is 9.82. The fourth-order valence-electron chi connectivity index (χ4n) is 2.44. The number of halogens is 2. The van der Waals surface area contributed by atoms with E-state index in [0.29, 0.717) is 0 Å². The molecule has 0 amide bonds. The predicted molar refractivity (Wildman–Crippen MR) is 110 cm³/mol. The van der Waals surface area contributed by atoms with Crippen LogP contribution in [0.5, 0.6) is 0 Å². The van der Waals surface area contributed by atoms with Gasteiger partial charge < -0.3 is 9.73 Å². The van der Waals surface area contributed by atoms with E-state index < -0.39 is 0 Å². The fourth-order valence-corrected chi connectivity index (χ4v) is 3.70. The van der Waals surface area contributed by atoms with Crippen LogP contribution in [0.4, 0.5) is 0 Å². The molecular formula is C17H21BrClN5OS. The molecule has 0 aliphatic heterocycles. The highest BCUT2D eigenvalue weighted by atomic mass is 79.9. The molecule has 9 heteroatoms. The Morgan fingerprint density at radius 3 is 2.85 bits per heavy atom. The molecule has 0 unspecified atom stereocenters. The molecule has 0 saturated carbocycles. The van der Waals surface area contributed by atoms with Gasteiger partial charge in [0.15, 0.2) is 0 Å². The number of aryl methyl sites for hydroxylation is 2. The quantitative estimate of drug-likeness (QED) is 0.402. The van der Waals surface area contributed by atoms with Gasteiger partial charge in [-0.1, -0.05) is 27.7 Å². The van der Waals surface area contributed by atoms with Gasteiger partial charge in [-0.3, -0.25) is 0 Å². The van der Waals surface area contributed by atoms with Gasteiger partial charge in [0.2, 0.25) is 5.16 Å². The molecule has 0 aliphatic carbocycles. The molecule has 0 fully saturated rings. The molecule has 2 heterocycles. The molecular weight excluding hydrogens is 438 g/mol. The zero-order valence-electron chi connectivity index (χ0n) is 14.6. The van der Waals surface area contributed by atoms with Crippen LogP contribution in [0.2, 0.25) is 0 Å². The first-order chi connectivity index (χ1) is 12.1. The lowest BCUT2D eigenvalue weighted by molar-refractivity contribution is 0.493. The summed E-state index contributed by atoms with van der Waals surface area (Å²) in [5, 5.41) is 15.7. The van der Waals surface area contributed by atoms with Gasteiger partial charge in [0.25, 0.3) is 0 Å². The second-order valence-electron chi connectivity index (χ2n) is 5.69. The van der Waals surface area contributed by atoms with E-state index in [2.05, 4.69) is 55.8 Å². The first kappa shape index (κ1) is 21.0. The van der Waals surface area contributed by atoms with Gasteiger partial charge >= 0.3 is 0 Å². The first-order valence-electron chi connectivity index (χ1n) is 8.04. The molecule has 3 rings (SSSR count). The largest absolute Gasteiger partial charge is 0.460 e. The molecule has 6 nitrogen and oxygen atoms in total. The van der Waals surface area contributed by atoms with Crippen molar-refractivity contribution in [3.8, 4) is 11.3 Å². The summed E-state index contributed by atoms with van der Waals surface area (Å²) in [5.41, 5.74) is 2.32. The van der Waals surface area contributed by atoms with E-state index in [1.54, 1.807) is 16.4 Å². The lowest BCUT2D eigenvalue weighted by atomic mass is 10.1. The summed E-state index contributed by atoms with van der Waals surface area (Å²) in [6, 6.07) is 10.3. The monoisotopic (exact) mass is 457 g/mol. The van der Waals surface area contributed by atoms with Crippen LogP contribution in [-0.2, 0) is 13.6 Å². The topological polar surface area (TPSA) is 68.8 Å². The second kappa shape index (κ2) is 10.1. The Bertz CT molecular complexity index is 838. The number of tetrazole rings is 1. The minimum atomic E-state index is 0. The summed E-state index contributed by atoms with van der Waals surface area (Å²) in [7, 11) is 1.85. The molecule has 1 aromatic carbocycles. The number of thioether (sulfide) groups is 1. The van der Waals surface area contributed by atoms with Gasteiger partial charge in [0, 0.05) is 22.8 Å². The molecule has 0 bridgehead atoms. The number of aromatic nitrogens is 4. The minimum Gasteiger partial charge on any atom is -0.460 e. The Morgan fingerprint density at radius 1 is 1.27 bits per heavy atom. The standard InChI is InChI=1S/C17H20BrN5OS.ClH/c1-12-10-13(18)4-6-15(12)16-7-5-14(24-16)11-19-8-3-9-25-17-20-21-22-23(17)2;/h4-7,10,19H,3,8-9,11H2,1-2H3;1H. The van der Waals surface area contributed by atoms with Crippen molar-refractivity contribution >= 4 is 40.1 Å². The van der Waals surface area contributed by atoms with Crippen molar-refractivity contribution in [3.05, 3.63) is 46.1 Å². The normalized spacial score (nSPS) is 10.7. The summed E-state index contributed by atoms with van der Waals surface area (Å²) in [6.45, 7) is 3.74. The van der Waals surface area contributed by atoms with Crippen molar-refractivity contribution in [3.63, 3.8) is 0 Å². The van der Waals surface area contributed by atoms with Crippen LogP contribution in [0, 0.1) is 6.92 Å². The van der Waals surface area contributed by atoms with Crippen LogP contribution in [-0.4, -0.2) is 32.5 Å². The molecule has 0 aliphatic rings. The highest BCUT2D eigenvalue weighted by Crippen LogP contribution is 2.27. The van der Waals surface area contributed by atoms with E-state index in [1.807, 2.05) is 25.2 Å². The van der Waals surface area contributed by atoms with Crippen molar-refractivity contribution in [1.29, 1.82) is 0 Å². The Morgan fingerprint density at radius 2 is 2.12 bits per heavy atom. The summed E-state index contributed by atoms with van der Waals surface area (Å²) in [6.07, 6.45) is 1.04. The summed E-state index contributed by atoms with van der Waals surface area (Å²) in [5.74, 6) is 2.83. The van der Waals surface area contributed by atoms with Crippen molar-refractivity contribution in [1.82, 2.24) is 25.5 Å². The highest BCUT2D eigenvalue weighted by Gasteiger charge is 2.08. The van der Waals surface area contributed by atoms with Crippen molar-refractivity contribution in [2.24, 2.45) is 7.05 Å². The maximum atomic E-state index is 5.96. The van der Waals surface area contributed by atoms with E-state index in [1.165, 1.54) is 5.56 Å². The molecule has 26 heavy (non-hydrogen) atoms. The van der Waals surface area contributed by atoms with Gasteiger partial charge in [-0.15, -0.1) is 17.5 Å². The second-order valence-corrected chi connectivity index (χ2v) is 7.67. The SMILES string of the molecule is Cc1cc(Br)ccc1-c1ccc(CNCCCSc2nnnn2C)o1.Cl. The van der Waals surface area contributed by atoms with E-state index in [0.717, 1.165) is 52.0 Å². The Hall–Kier alpha value is -1.35. The lowest BCUT2D eigenvalue weighted by Crippen LogP contribution is -2.14. The van der Waals surface area contributed by atoms with E-state index >= 15 is 0 Å². The number of furan rings is 1. The maximum absolute atomic E-state index is 5.96. The third kappa shape index (κ3) is 5.57. The van der Waals surface area contributed by atoms with Crippen LogP contribution in [0.25, 0.3) is 11.3 Å². The molecule has 140 valence electrons. The molecule has 0 saturated heterocycles. The van der Waals surface area contributed by atoms with E-state index in [9.17, 15) is 0 Å². The summed E-state index contributed by atoms with van der Waals surface area (Å²) in [4.78, 5) is 0. The van der Waals surface area contributed by atoms with Gasteiger partial charge in [-0.25, -0.2) is 4.68 Å². The van der Waals surface area contributed by atoms with Crippen LogP contribution in [0.15, 0.2) is 44.4 Å². The Kier molecular flexibility index (Phi) is 8.15. The predicted octanol–water partition coefficient (Wildman–Crippen LogP) is 4.23. The van der Waals surface area contributed by atoms with Crippen molar-refractivity contribution in [2.45, 2.75) is 25.0 Å². The van der Waals surface area contributed by atoms with Crippen LogP contribution >= 0.6 is 40.1 Å². The smallest absolute Gasteiger partial charge is 0.209 e. The zero-order valence-corrected chi connectivity index (χ0v) is 17.8. The lowest BCUT2D eigenvalue weighted by Gasteiger charge is -2.04. The van der Waals surface area contributed by atoms with Gasteiger partial charge in [0.05, 0.1) is 6.54 Å². The van der Waals surface area contributed by atoms with E-state index in [-0.39, 0.29) is 12.4 Å². The molecule has 1 N–H and O–H groups in total. The number of nitrogens with one attached hydrogen (secondary N) is 1. The fraction of sp³-hybridized carbons (Fsp3) is 0.353. The highest BCUT2D eigenvalue weighted by molar-refractivity contribution is 9.10. The number of hydrogen-bond acceptors (Lipinski definition) is 6. The third-order valence-corrected chi connectivity index (χ3v) is 5.32. The van der Waals surface area contributed by atoms with Crippen LogP contribution in [0.1, 0.15) is 17.7 Å². The average Bonchev–Trinajstić information content (AvgIpc) is 3.20. The number of benzene rings is 1. The summed E-state index contributed by atoms with van der Waals surface area (Å²) < 4.78 is 8.73. The molecule has 2 aromatic heterocycles. The Labute approximate surface area is 171 Å². The van der Waals surface area contributed by atoms with Gasteiger partial charge in [0.1, 0.15) is 11.5 Å². The summed E-state index contributed by atoms with van der Waals surface area (Å²) >= 11 is 5.15. The number of rotatable bonds is 8. The number of nitrogens with zero attached hydrogens (tertiary/aromatic N) is 4. The molecule has 0 atom stereocenters. The molecule has 0 spiro atoms. The zero-order chi connectivity index (χ0) is 17.6. The van der Waals surface area contributed by atoms with Crippen LogP contribution in [0.3, 0.4) is 0 Å². The van der Waals surface area contributed by atoms with E-state index in [4.69, 9.17) is 4.42 Å². The molecule has 3 aromatic rings. The van der Waals surface area contributed by atoms with Crippen molar-refractivity contribution < 1.29 is 4.42 Å².